The second-order valence-electron chi connectivity index (χ2n) is 5.21. The van der Waals surface area contributed by atoms with E-state index in [2.05, 4.69) is 12.2 Å². The molecule has 1 aromatic carbocycles. The van der Waals surface area contributed by atoms with Crippen LogP contribution in [-0.4, -0.2) is 20.3 Å². The molecule has 0 spiro atoms. The van der Waals surface area contributed by atoms with E-state index in [1.165, 1.54) is 12.1 Å². The fraction of sp³-hybridized carbons (Fsp3) is 0.625. The van der Waals surface area contributed by atoms with Crippen LogP contribution in [0.3, 0.4) is 0 Å². The lowest BCUT2D eigenvalue weighted by atomic mass is 9.95. The first kappa shape index (κ1) is 18.0. The Hall–Kier alpha value is -1.07. The Kier molecular flexibility index (Phi) is 7.18. The van der Waals surface area contributed by atoms with Gasteiger partial charge in [0.2, 0.25) is 0 Å². The molecule has 0 aliphatic heterocycles. The van der Waals surface area contributed by atoms with Gasteiger partial charge in [-0.15, -0.1) is 0 Å². The van der Waals surface area contributed by atoms with Crippen molar-refractivity contribution >= 4 is 0 Å². The summed E-state index contributed by atoms with van der Waals surface area (Å²) in [7, 11) is 1.65. The zero-order valence-electron chi connectivity index (χ0n) is 12.9. The second kappa shape index (κ2) is 8.39. The summed E-state index contributed by atoms with van der Waals surface area (Å²) in [6, 6.07) is 4.06. The van der Waals surface area contributed by atoms with Crippen LogP contribution in [0.1, 0.15) is 48.9 Å². The van der Waals surface area contributed by atoms with E-state index in [-0.39, 0.29) is 6.04 Å². The quantitative estimate of drug-likeness (QED) is 0.715. The highest BCUT2D eigenvalue weighted by atomic mass is 19.4. The van der Waals surface area contributed by atoms with Crippen molar-refractivity contribution in [3.8, 4) is 0 Å². The molecule has 0 radical (unpaired) electrons. The van der Waals surface area contributed by atoms with E-state index < -0.39 is 11.7 Å². The van der Waals surface area contributed by atoms with Gasteiger partial charge >= 0.3 is 6.18 Å². The maximum Gasteiger partial charge on any atom is 0.416 e. The van der Waals surface area contributed by atoms with Gasteiger partial charge in [-0.05, 0) is 56.0 Å². The predicted molar refractivity (Wildman–Crippen MR) is 78.3 cm³/mol. The van der Waals surface area contributed by atoms with Crippen LogP contribution in [-0.2, 0) is 10.9 Å². The molecule has 0 saturated carbocycles. The summed E-state index contributed by atoms with van der Waals surface area (Å²) in [6.45, 7) is 5.31. The molecule has 1 rings (SSSR count). The first-order valence-corrected chi connectivity index (χ1v) is 7.30. The number of hydrogen-bond donors (Lipinski definition) is 1. The number of halogens is 3. The number of aryl methyl sites for hydroxylation is 1. The van der Waals surface area contributed by atoms with Crippen molar-refractivity contribution < 1.29 is 17.9 Å². The summed E-state index contributed by atoms with van der Waals surface area (Å²) in [5.74, 6) is 0. The van der Waals surface area contributed by atoms with Crippen LogP contribution in [0, 0.1) is 6.92 Å². The minimum Gasteiger partial charge on any atom is -0.385 e. The molecule has 1 atom stereocenters. The molecule has 0 bridgehead atoms. The number of rotatable bonds is 8. The number of methoxy groups -OCH3 is 1. The number of ether oxygens (including phenoxy) is 1. The Bertz CT molecular complexity index is 432. The van der Waals surface area contributed by atoms with Crippen LogP contribution in [0.5, 0.6) is 0 Å². The Morgan fingerprint density at radius 1 is 1.29 bits per heavy atom. The van der Waals surface area contributed by atoms with Crippen LogP contribution >= 0.6 is 0 Å². The molecule has 0 aromatic heterocycles. The molecule has 1 unspecified atom stereocenters. The van der Waals surface area contributed by atoms with Gasteiger partial charge in [0, 0.05) is 19.8 Å². The predicted octanol–water partition coefficient (Wildman–Crippen LogP) is 4.48. The maximum absolute atomic E-state index is 12.7. The molecular formula is C16H24F3NO. The van der Waals surface area contributed by atoms with Gasteiger partial charge in [0.1, 0.15) is 0 Å². The van der Waals surface area contributed by atoms with Gasteiger partial charge in [-0.1, -0.05) is 13.0 Å². The Balaban J connectivity index is 2.90. The average molecular weight is 303 g/mol. The molecule has 0 aliphatic rings. The van der Waals surface area contributed by atoms with Crippen molar-refractivity contribution in [3.63, 3.8) is 0 Å². The van der Waals surface area contributed by atoms with Crippen molar-refractivity contribution in [2.75, 3.05) is 20.3 Å². The molecule has 1 N–H and O–H groups in total. The minimum absolute atomic E-state index is 0.0717. The van der Waals surface area contributed by atoms with Crippen LogP contribution in [0.25, 0.3) is 0 Å². The van der Waals surface area contributed by atoms with Gasteiger partial charge in [0.25, 0.3) is 0 Å². The van der Waals surface area contributed by atoms with Gasteiger partial charge in [-0.3, -0.25) is 0 Å². The topological polar surface area (TPSA) is 21.3 Å². The maximum atomic E-state index is 12.7. The highest BCUT2D eigenvalue weighted by Gasteiger charge is 2.31. The highest BCUT2D eigenvalue weighted by molar-refractivity contribution is 5.34. The van der Waals surface area contributed by atoms with Gasteiger partial charge in [-0.2, -0.15) is 13.2 Å². The van der Waals surface area contributed by atoms with Gasteiger partial charge in [0.05, 0.1) is 5.56 Å². The first-order valence-electron chi connectivity index (χ1n) is 7.30. The second-order valence-corrected chi connectivity index (χ2v) is 5.21. The Morgan fingerprint density at radius 2 is 2.00 bits per heavy atom. The zero-order valence-corrected chi connectivity index (χ0v) is 12.9. The van der Waals surface area contributed by atoms with Gasteiger partial charge < -0.3 is 10.1 Å². The monoisotopic (exact) mass is 303 g/mol. The average Bonchev–Trinajstić information content (AvgIpc) is 2.42. The number of nitrogens with one attached hydrogen (secondary N) is 1. The van der Waals surface area contributed by atoms with E-state index in [0.717, 1.165) is 31.4 Å². The molecule has 5 heteroatoms. The standard InChI is InChI=1S/C16H24F3NO/c1-4-9-20-15(6-5-10-21-3)14-8-7-13(11-12(14)2)16(17,18)19/h7-8,11,15,20H,4-6,9-10H2,1-3H3. The Labute approximate surface area is 124 Å². The third kappa shape index (κ3) is 5.67. The summed E-state index contributed by atoms with van der Waals surface area (Å²) in [4.78, 5) is 0. The molecule has 21 heavy (non-hydrogen) atoms. The van der Waals surface area contributed by atoms with Crippen molar-refractivity contribution in [1.82, 2.24) is 5.32 Å². The van der Waals surface area contributed by atoms with E-state index in [4.69, 9.17) is 4.74 Å². The smallest absolute Gasteiger partial charge is 0.385 e. The van der Waals surface area contributed by atoms with Crippen LogP contribution in [0.2, 0.25) is 0 Å². The first-order chi connectivity index (χ1) is 9.90. The van der Waals surface area contributed by atoms with E-state index in [1.807, 2.05) is 0 Å². The molecule has 0 amide bonds. The molecule has 2 nitrogen and oxygen atoms in total. The SMILES string of the molecule is CCCNC(CCCOC)c1ccc(C(F)(F)F)cc1C. The van der Waals surface area contributed by atoms with Gasteiger partial charge in [-0.25, -0.2) is 0 Å². The lowest BCUT2D eigenvalue weighted by Crippen LogP contribution is -2.23. The van der Waals surface area contributed by atoms with Crippen LogP contribution in [0.15, 0.2) is 18.2 Å². The summed E-state index contributed by atoms with van der Waals surface area (Å²) in [6.07, 6.45) is -1.58. The van der Waals surface area contributed by atoms with E-state index in [0.29, 0.717) is 12.2 Å². The van der Waals surface area contributed by atoms with E-state index in [1.54, 1.807) is 20.1 Å². The van der Waals surface area contributed by atoms with Crippen LogP contribution in [0.4, 0.5) is 13.2 Å². The fourth-order valence-corrected chi connectivity index (χ4v) is 2.36. The van der Waals surface area contributed by atoms with Crippen molar-refractivity contribution in [2.24, 2.45) is 0 Å². The molecule has 0 fully saturated rings. The van der Waals surface area contributed by atoms with Crippen molar-refractivity contribution in [3.05, 3.63) is 34.9 Å². The summed E-state index contributed by atoms with van der Waals surface area (Å²) in [5.41, 5.74) is 1.03. The molecule has 1 aromatic rings. The third-order valence-electron chi connectivity index (χ3n) is 3.45. The lowest BCUT2D eigenvalue weighted by molar-refractivity contribution is -0.137. The highest BCUT2D eigenvalue weighted by Crippen LogP contribution is 2.32. The summed E-state index contributed by atoms with van der Waals surface area (Å²) < 4.78 is 43.2. The number of alkyl halides is 3. The zero-order chi connectivity index (χ0) is 15.9. The molecular weight excluding hydrogens is 279 g/mol. The van der Waals surface area contributed by atoms with Gasteiger partial charge in [0.15, 0.2) is 0 Å². The minimum atomic E-state index is -4.29. The van der Waals surface area contributed by atoms with Crippen molar-refractivity contribution in [2.45, 2.75) is 45.3 Å². The molecule has 0 saturated heterocycles. The summed E-state index contributed by atoms with van der Waals surface area (Å²) in [5, 5.41) is 3.41. The molecule has 0 heterocycles. The lowest BCUT2D eigenvalue weighted by Gasteiger charge is -2.22. The molecule has 120 valence electrons. The number of hydrogen-bond acceptors (Lipinski definition) is 2. The fourth-order valence-electron chi connectivity index (χ4n) is 2.36. The van der Waals surface area contributed by atoms with Crippen molar-refractivity contribution in [1.29, 1.82) is 0 Å². The van der Waals surface area contributed by atoms with Crippen LogP contribution < -0.4 is 5.32 Å². The van der Waals surface area contributed by atoms with E-state index >= 15 is 0 Å². The Morgan fingerprint density at radius 3 is 2.52 bits per heavy atom. The number of benzene rings is 1. The normalized spacial score (nSPS) is 13.4. The summed E-state index contributed by atoms with van der Waals surface area (Å²) >= 11 is 0. The van der Waals surface area contributed by atoms with E-state index in [9.17, 15) is 13.2 Å². The largest absolute Gasteiger partial charge is 0.416 e. The molecule has 0 aliphatic carbocycles. The third-order valence-corrected chi connectivity index (χ3v) is 3.45.